The summed E-state index contributed by atoms with van der Waals surface area (Å²) in [6.07, 6.45) is 10.7. The molecule has 1 spiro atoms. The lowest BCUT2D eigenvalue weighted by Gasteiger charge is -2.47. The Balaban J connectivity index is 1.17. The second-order valence-electron chi connectivity index (χ2n) is 15.7. The van der Waals surface area contributed by atoms with Crippen molar-refractivity contribution >= 4 is 23.3 Å². The molecule has 8 heteroatoms. The summed E-state index contributed by atoms with van der Waals surface area (Å²) in [5, 5.41) is 14.7. The first kappa shape index (κ1) is 34.0. The molecule has 0 amide bonds. The van der Waals surface area contributed by atoms with Crippen molar-refractivity contribution in [3.05, 3.63) is 76.1 Å². The average molecular weight is 687 g/mol. The van der Waals surface area contributed by atoms with Crippen LogP contribution in [0.2, 0.25) is 5.02 Å². The molecule has 1 aliphatic heterocycles. The normalized spacial score (nSPS) is 28.0. The zero-order valence-electron chi connectivity index (χ0n) is 29.4. The Hall–Kier alpha value is -3.45. The molecule has 0 unspecified atom stereocenters. The van der Waals surface area contributed by atoms with Gasteiger partial charge >= 0.3 is 5.97 Å². The number of aromatic nitrogens is 1. The first-order valence-electron chi connectivity index (χ1n) is 18.4. The van der Waals surface area contributed by atoms with Crippen molar-refractivity contribution in [3.63, 3.8) is 0 Å². The number of carbonyl (C=O) groups is 1. The molecule has 1 saturated carbocycles. The predicted molar refractivity (Wildman–Crippen MR) is 193 cm³/mol. The number of fused-ring (bicyclic) bond motifs is 4. The molecule has 4 atom stereocenters. The van der Waals surface area contributed by atoms with Crippen LogP contribution in [0.15, 0.2) is 48.7 Å². The number of aryl methyl sites for hydroxylation is 1. The van der Waals surface area contributed by atoms with Gasteiger partial charge in [0.05, 0.1) is 13.2 Å². The van der Waals surface area contributed by atoms with E-state index < -0.39 is 11.5 Å². The molecule has 3 aliphatic carbocycles. The summed E-state index contributed by atoms with van der Waals surface area (Å²) in [4.78, 5) is 17.7. The van der Waals surface area contributed by atoms with Gasteiger partial charge in [0.25, 0.3) is 0 Å². The van der Waals surface area contributed by atoms with Crippen molar-refractivity contribution in [1.82, 2.24) is 4.98 Å². The van der Waals surface area contributed by atoms with Crippen molar-refractivity contribution in [2.75, 3.05) is 18.5 Å². The Morgan fingerprint density at radius 2 is 1.92 bits per heavy atom. The van der Waals surface area contributed by atoms with Crippen LogP contribution >= 0.6 is 11.6 Å². The zero-order chi connectivity index (χ0) is 34.3. The predicted octanol–water partition coefficient (Wildman–Crippen LogP) is 9.39. The number of ether oxygens (including phenoxy) is 3. The van der Waals surface area contributed by atoms with Crippen LogP contribution in [0.3, 0.4) is 0 Å². The largest absolute Gasteiger partial charge is 0.493 e. The topological polar surface area (TPSA) is 89.9 Å². The number of nitrogens with zero attached hydrogens (tertiary/aromatic N) is 1. The molecule has 49 heavy (non-hydrogen) atoms. The maximum absolute atomic E-state index is 13.0. The molecule has 2 N–H and O–H groups in total. The molecule has 0 radical (unpaired) electrons. The molecule has 1 fully saturated rings. The Labute approximate surface area is 296 Å². The molecular formula is C41H51ClN2O5. The van der Waals surface area contributed by atoms with Crippen molar-refractivity contribution in [3.8, 4) is 17.2 Å². The molecule has 2 aromatic carbocycles. The summed E-state index contributed by atoms with van der Waals surface area (Å²) >= 11 is 6.29. The van der Waals surface area contributed by atoms with Gasteiger partial charge in [0.15, 0.2) is 11.5 Å². The minimum atomic E-state index is -1.07. The van der Waals surface area contributed by atoms with Crippen molar-refractivity contribution in [2.24, 2.45) is 17.8 Å². The van der Waals surface area contributed by atoms with Gasteiger partial charge in [0, 0.05) is 34.6 Å². The van der Waals surface area contributed by atoms with E-state index in [2.05, 4.69) is 50.1 Å². The quantitative estimate of drug-likeness (QED) is 0.232. The van der Waals surface area contributed by atoms with Gasteiger partial charge in [0.1, 0.15) is 17.4 Å². The van der Waals surface area contributed by atoms with Crippen LogP contribution < -0.4 is 19.5 Å². The number of aliphatic carboxylic acids is 1. The fraction of sp³-hybridized carbons (Fsp3) is 0.561. The first-order valence-corrected chi connectivity index (χ1v) is 18.8. The lowest BCUT2D eigenvalue weighted by Crippen LogP contribution is -2.53. The number of carboxylic acids is 1. The summed E-state index contributed by atoms with van der Waals surface area (Å²) in [5.41, 5.74) is 4.61. The Kier molecular flexibility index (Phi) is 9.51. The second-order valence-corrected chi connectivity index (χ2v) is 16.1. The van der Waals surface area contributed by atoms with Crippen LogP contribution in [0.5, 0.6) is 17.2 Å². The zero-order valence-corrected chi connectivity index (χ0v) is 30.2. The molecule has 262 valence electrons. The van der Waals surface area contributed by atoms with Gasteiger partial charge in [-0.15, -0.1) is 0 Å². The van der Waals surface area contributed by atoms with Gasteiger partial charge in [-0.3, -0.25) is 4.98 Å². The lowest BCUT2D eigenvalue weighted by molar-refractivity contribution is -0.144. The van der Waals surface area contributed by atoms with E-state index >= 15 is 0 Å². The average Bonchev–Trinajstić information content (AvgIpc) is 3.19. The summed E-state index contributed by atoms with van der Waals surface area (Å²) in [5.74, 6) is 3.33. The van der Waals surface area contributed by atoms with E-state index in [1.54, 1.807) is 0 Å². The number of hydrogen-bond donors (Lipinski definition) is 2. The van der Waals surface area contributed by atoms with Gasteiger partial charge in [-0.2, -0.15) is 0 Å². The highest BCUT2D eigenvalue weighted by molar-refractivity contribution is 6.30. The van der Waals surface area contributed by atoms with Crippen molar-refractivity contribution < 1.29 is 24.1 Å². The Morgan fingerprint density at radius 1 is 1.10 bits per heavy atom. The number of rotatable bonds is 9. The highest BCUT2D eigenvalue weighted by Gasteiger charge is 2.54. The molecule has 4 aliphatic rings. The molecule has 0 bridgehead atoms. The van der Waals surface area contributed by atoms with Crippen molar-refractivity contribution in [2.45, 2.75) is 115 Å². The molecule has 0 saturated heterocycles. The Morgan fingerprint density at radius 3 is 2.67 bits per heavy atom. The summed E-state index contributed by atoms with van der Waals surface area (Å²) < 4.78 is 19.5. The fourth-order valence-electron chi connectivity index (χ4n) is 9.30. The van der Waals surface area contributed by atoms with E-state index in [4.69, 9.17) is 25.8 Å². The second kappa shape index (κ2) is 13.7. The minimum absolute atomic E-state index is 0.0965. The maximum atomic E-state index is 13.0. The summed E-state index contributed by atoms with van der Waals surface area (Å²) in [6.45, 7) is 10.3. The highest BCUT2D eigenvalue weighted by Crippen LogP contribution is 2.58. The van der Waals surface area contributed by atoms with Crippen LogP contribution in [0.4, 0.5) is 5.69 Å². The van der Waals surface area contributed by atoms with E-state index in [0.717, 1.165) is 61.5 Å². The monoisotopic (exact) mass is 686 g/mol. The van der Waals surface area contributed by atoms with Crippen LogP contribution in [0.25, 0.3) is 0 Å². The number of pyridine rings is 1. The first-order chi connectivity index (χ1) is 23.6. The molecule has 2 heterocycles. The van der Waals surface area contributed by atoms with E-state index in [9.17, 15) is 9.90 Å². The smallest absolute Gasteiger partial charge is 0.329 e. The Bertz CT molecular complexity index is 1680. The summed E-state index contributed by atoms with van der Waals surface area (Å²) in [6, 6.07) is 13.9. The number of halogens is 1. The molecular weight excluding hydrogens is 636 g/mol. The summed E-state index contributed by atoms with van der Waals surface area (Å²) in [7, 11) is 0. The SMILES string of the molecule is CC(C)[C@@H]1CCOc2cc3c(cc2O1)C1(CCC(Nc2cccc(Cl)c2)(C(=O)O)CC1)[C@@H](C[C@@H](C)COc1ccnc2c1[C@H](C)CCC2)C3. The van der Waals surface area contributed by atoms with Crippen molar-refractivity contribution in [1.29, 1.82) is 0 Å². The van der Waals surface area contributed by atoms with E-state index in [1.807, 2.05) is 36.5 Å². The number of anilines is 1. The third-order valence-corrected chi connectivity index (χ3v) is 12.3. The van der Waals surface area contributed by atoms with Gasteiger partial charge in [0.2, 0.25) is 0 Å². The minimum Gasteiger partial charge on any atom is -0.493 e. The molecule has 7 nitrogen and oxygen atoms in total. The third-order valence-electron chi connectivity index (χ3n) is 12.0. The van der Waals surface area contributed by atoms with E-state index in [-0.39, 0.29) is 11.5 Å². The number of benzene rings is 2. The molecule has 7 rings (SSSR count). The van der Waals surface area contributed by atoms with Crippen LogP contribution in [0, 0.1) is 17.8 Å². The van der Waals surface area contributed by atoms with E-state index in [0.29, 0.717) is 54.7 Å². The van der Waals surface area contributed by atoms with Gasteiger partial charge in [-0.25, -0.2) is 4.79 Å². The molecule has 3 aromatic rings. The number of nitrogens with one attached hydrogen (secondary N) is 1. The fourth-order valence-corrected chi connectivity index (χ4v) is 9.49. The third kappa shape index (κ3) is 6.60. The highest BCUT2D eigenvalue weighted by atomic mass is 35.5. The maximum Gasteiger partial charge on any atom is 0.329 e. The van der Waals surface area contributed by atoms with Crippen LogP contribution in [-0.4, -0.2) is 40.9 Å². The van der Waals surface area contributed by atoms with E-state index in [1.165, 1.54) is 35.2 Å². The van der Waals surface area contributed by atoms with Gasteiger partial charge in [-0.05, 0) is 134 Å². The molecule has 1 aromatic heterocycles. The van der Waals surface area contributed by atoms with Gasteiger partial charge < -0.3 is 24.6 Å². The number of carboxylic acid groups (broad SMARTS) is 1. The standard InChI is InChI=1S/C41H51ClN2O5/c1-25(2)34-12-18-47-36-21-28-20-29(19-26(3)24-48-35-11-17-43-33-10-5-7-27(4)38(33)35)40(32(28)23-37(36)49-34)13-15-41(16-14-40,39(45)46)44-31-9-6-8-30(42)22-31/h6,8-9,11,17,21-23,25-27,29,34,44H,5,7,10,12-16,18-20,24H2,1-4H3,(H,45,46)/t26-,27-,29+,34+,40?,41?/m1/s1. The van der Waals surface area contributed by atoms with Crippen LogP contribution in [0.1, 0.15) is 107 Å². The lowest BCUT2D eigenvalue weighted by atomic mass is 9.59. The van der Waals surface area contributed by atoms with Gasteiger partial charge in [-0.1, -0.05) is 45.4 Å². The van der Waals surface area contributed by atoms with Crippen LogP contribution in [-0.2, 0) is 23.1 Å². The number of hydrogen-bond acceptors (Lipinski definition) is 6.